The van der Waals surface area contributed by atoms with Gasteiger partial charge in [0.1, 0.15) is 0 Å². The van der Waals surface area contributed by atoms with Crippen LogP contribution in [0.2, 0.25) is 0 Å². The second kappa shape index (κ2) is 9.98. The fourth-order valence-electron chi connectivity index (χ4n) is 10.1. The van der Waals surface area contributed by atoms with E-state index in [1.807, 2.05) is 6.92 Å². The molecule has 1 spiro atoms. The monoisotopic (exact) mass is 557 g/mol. The molecule has 39 heavy (non-hydrogen) atoms. The number of benzene rings is 1. The largest absolute Gasteiger partial charge is 0.466 e. The Morgan fingerprint density at radius 3 is 2.46 bits per heavy atom. The minimum absolute atomic E-state index is 0.000546. The molecule has 4 fully saturated rings. The zero-order valence-corrected chi connectivity index (χ0v) is 24.4. The van der Waals surface area contributed by atoms with Gasteiger partial charge in [-0.1, -0.05) is 20.3 Å². The van der Waals surface area contributed by atoms with Crippen molar-refractivity contribution in [2.45, 2.75) is 85.1 Å². The summed E-state index contributed by atoms with van der Waals surface area (Å²) in [5.74, 6) is 0.741. The molecular weight excluding hydrogens is 514 g/mol. The summed E-state index contributed by atoms with van der Waals surface area (Å²) in [5.41, 5.74) is 0.293. The number of thiocarbonyl (C=S) groups is 1. The van der Waals surface area contributed by atoms with Crippen molar-refractivity contribution in [1.82, 2.24) is 5.32 Å². The first-order valence-electron chi connectivity index (χ1n) is 14.5. The van der Waals surface area contributed by atoms with E-state index in [0.29, 0.717) is 23.3 Å². The van der Waals surface area contributed by atoms with E-state index in [-0.39, 0.29) is 52.4 Å². The first kappa shape index (κ1) is 28.3. The average Bonchev–Trinajstić information content (AvgIpc) is 3.05. The first-order chi connectivity index (χ1) is 18.4. The SMILES string of the molecule is CCOC(=O)[C@]1(C)CCC[C@@]2(C)[C@@H]3CC[C@@]4(C)C[C@]3(CC[C@@H]21)[C@H](CO)[C@H]4NC(=S)Nc1ccc([N+](=O)[O-])cc1. The van der Waals surface area contributed by atoms with Gasteiger partial charge in [0, 0.05) is 36.4 Å². The number of hydrogen-bond donors (Lipinski definition) is 3. The maximum Gasteiger partial charge on any atom is 0.312 e. The van der Waals surface area contributed by atoms with E-state index in [1.165, 1.54) is 12.1 Å². The van der Waals surface area contributed by atoms with Gasteiger partial charge >= 0.3 is 5.97 Å². The van der Waals surface area contributed by atoms with Crippen LogP contribution in [-0.2, 0) is 9.53 Å². The van der Waals surface area contributed by atoms with Crippen LogP contribution < -0.4 is 10.6 Å². The molecule has 4 aliphatic rings. The second-order valence-corrected chi connectivity index (χ2v) is 13.8. The van der Waals surface area contributed by atoms with Crippen LogP contribution in [-0.4, -0.2) is 40.4 Å². The lowest BCUT2D eigenvalue weighted by atomic mass is 9.39. The zero-order chi connectivity index (χ0) is 28.2. The molecule has 0 saturated heterocycles. The average molecular weight is 558 g/mol. The molecule has 3 N–H and O–H groups in total. The fraction of sp³-hybridized carbons (Fsp3) is 0.733. The Morgan fingerprint density at radius 2 is 1.82 bits per heavy atom. The Balaban J connectivity index is 1.40. The third kappa shape index (κ3) is 4.35. The Bertz CT molecular complexity index is 1150. The summed E-state index contributed by atoms with van der Waals surface area (Å²) in [5, 5.41) is 29.2. The maximum atomic E-state index is 13.3. The number of carbonyl (C=O) groups is 1. The van der Waals surface area contributed by atoms with Crippen LogP contribution in [0.25, 0.3) is 0 Å². The van der Waals surface area contributed by atoms with Gasteiger partial charge in [0.15, 0.2) is 5.11 Å². The number of rotatable bonds is 6. The molecule has 8 atom stereocenters. The van der Waals surface area contributed by atoms with E-state index < -0.39 is 10.3 Å². The van der Waals surface area contributed by atoms with E-state index in [9.17, 15) is 20.0 Å². The first-order valence-corrected chi connectivity index (χ1v) is 14.9. The number of anilines is 1. The van der Waals surface area contributed by atoms with Gasteiger partial charge in [-0.25, -0.2) is 0 Å². The van der Waals surface area contributed by atoms with Crippen LogP contribution >= 0.6 is 12.2 Å². The molecular formula is C30H43N3O5S. The van der Waals surface area contributed by atoms with Gasteiger partial charge in [-0.2, -0.15) is 0 Å². The van der Waals surface area contributed by atoms with Gasteiger partial charge in [0.05, 0.1) is 16.9 Å². The van der Waals surface area contributed by atoms with E-state index in [1.54, 1.807) is 12.1 Å². The Kier molecular flexibility index (Phi) is 7.24. The number of aliphatic hydroxyl groups is 1. The molecule has 5 rings (SSSR count). The summed E-state index contributed by atoms with van der Waals surface area (Å²) in [6.07, 6.45) is 8.21. The molecule has 1 aromatic rings. The van der Waals surface area contributed by atoms with Crippen LogP contribution in [0.3, 0.4) is 0 Å². The number of nitro benzene ring substituents is 1. The predicted octanol–water partition coefficient (Wildman–Crippen LogP) is 5.83. The normalized spacial score (nSPS) is 40.6. The number of non-ortho nitro benzene ring substituents is 1. The number of nitro groups is 1. The summed E-state index contributed by atoms with van der Waals surface area (Å²) in [4.78, 5) is 23.8. The molecule has 0 aromatic heterocycles. The fourth-order valence-corrected chi connectivity index (χ4v) is 10.3. The summed E-state index contributed by atoms with van der Waals surface area (Å²) >= 11 is 5.72. The maximum absolute atomic E-state index is 13.3. The smallest absolute Gasteiger partial charge is 0.312 e. The minimum atomic E-state index is -0.452. The third-order valence-electron chi connectivity index (χ3n) is 11.6. The number of fused-ring (bicyclic) bond motifs is 3. The molecule has 0 aliphatic heterocycles. The van der Waals surface area contributed by atoms with Crippen LogP contribution in [0, 0.1) is 49.5 Å². The summed E-state index contributed by atoms with van der Waals surface area (Å²) in [7, 11) is 0. The van der Waals surface area contributed by atoms with Crippen LogP contribution in [0.1, 0.15) is 79.1 Å². The number of nitrogens with one attached hydrogen (secondary N) is 2. The van der Waals surface area contributed by atoms with Crippen molar-refractivity contribution >= 4 is 34.7 Å². The van der Waals surface area contributed by atoms with E-state index in [0.717, 1.165) is 51.4 Å². The standard InChI is InChI=1S/C30H43N3O5S/c1-5-38-25(35)29(4)14-6-13-28(3)22(29)12-16-30-18-27(2,15-11-23(28)30)24(21(30)17-34)32-26(39)31-19-7-9-20(10-8-19)33(36)37/h7-10,21-24,34H,5-6,11-18H2,1-4H3,(H2,31,32,39)/t21-,22+,23+,24-,27+,28-,29-,30-/m1/s1. The lowest BCUT2D eigenvalue weighted by molar-refractivity contribution is -0.384. The number of aliphatic hydroxyl groups excluding tert-OH is 1. The van der Waals surface area contributed by atoms with E-state index in [4.69, 9.17) is 17.0 Å². The van der Waals surface area contributed by atoms with Crippen molar-refractivity contribution in [3.8, 4) is 0 Å². The highest BCUT2D eigenvalue weighted by Gasteiger charge is 2.71. The number of nitrogens with zero attached hydrogens (tertiary/aromatic N) is 1. The summed E-state index contributed by atoms with van der Waals surface area (Å²) in [6, 6.07) is 6.26. The van der Waals surface area contributed by atoms with Crippen molar-refractivity contribution in [2.75, 3.05) is 18.5 Å². The molecule has 0 radical (unpaired) electrons. The number of carbonyl (C=O) groups excluding carboxylic acids is 1. The minimum Gasteiger partial charge on any atom is -0.466 e. The zero-order valence-electron chi connectivity index (χ0n) is 23.6. The van der Waals surface area contributed by atoms with E-state index >= 15 is 0 Å². The van der Waals surface area contributed by atoms with Crippen molar-refractivity contribution in [1.29, 1.82) is 0 Å². The summed E-state index contributed by atoms with van der Waals surface area (Å²) in [6.45, 7) is 9.31. The Labute approximate surface area is 236 Å². The molecule has 9 heteroatoms. The highest BCUT2D eigenvalue weighted by atomic mass is 32.1. The molecule has 214 valence electrons. The second-order valence-electron chi connectivity index (χ2n) is 13.4. The van der Waals surface area contributed by atoms with Crippen LogP contribution in [0.4, 0.5) is 11.4 Å². The lowest BCUT2D eigenvalue weighted by Crippen LogP contribution is -2.60. The van der Waals surface area contributed by atoms with Crippen molar-refractivity contribution in [3.05, 3.63) is 34.4 Å². The molecule has 4 aliphatic carbocycles. The van der Waals surface area contributed by atoms with Gasteiger partial charge in [-0.3, -0.25) is 14.9 Å². The van der Waals surface area contributed by atoms with Crippen molar-refractivity contribution < 1.29 is 19.6 Å². The van der Waals surface area contributed by atoms with Gasteiger partial charge in [-0.15, -0.1) is 0 Å². The highest BCUT2D eigenvalue weighted by molar-refractivity contribution is 7.80. The molecule has 8 nitrogen and oxygen atoms in total. The van der Waals surface area contributed by atoms with Crippen molar-refractivity contribution in [2.24, 2.45) is 39.4 Å². The number of esters is 1. The van der Waals surface area contributed by atoms with E-state index in [2.05, 4.69) is 31.4 Å². The van der Waals surface area contributed by atoms with Gasteiger partial charge in [0.25, 0.3) is 5.69 Å². The molecule has 0 heterocycles. The lowest BCUT2D eigenvalue weighted by Gasteiger charge is -2.65. The van der Waals surface area contributed by atoms with Crippen LogP contribution in [0.5, 0.6) is 0 Å². The van der Waals surface area contributed by atoms with Crippen molar-refractivity contribution in [3.63, 3.8) is 0 Å². The molecule has 1 aromatic carbocycles. The Hall–Kier alpha value is -2.26. The van der Waals surface area contributed by atoms with Crippen LogP contribution in [0.15, 0.2) is 24.3 Å². The predicted molar refractivity (Wildman–Crippen MR) is 154 cm³/mol. The number of ether oxygens (including phenoxy) is 1. The molecule has 0 unspecified atom stereocenters. The quantitative estimate of drug-likeness (QED) is 0.173. The Morgan fingerprint density at radius 1 is 1.13 bits per heavy atom. The number of hydrogen-bond acceptors (Lipinski definition) is 6. The molecule has 0 amide bonds. The third-order valence-corrected chi connectivity index (χ3v) is 11.8. The summed E-state index contributed by atoms with van der Waals surface area (Å²) < 4.78 is 5.62. The van der Waals surface area contributed by atoms with Gasteiger partial charge in [-0.05, 0) is 111 Å². The van der Waals surface area contributed by atoms with Gasteiger partial charge in [0.2, 0.25) is 0 Å². The topological polar surface area (TPSA) is 114 Å². The highest BCUT2D eigenvalue weighted by Crippen LogP contribution is 2.75. The molecule has 4 saturated carbocycles. The van der Waals surface area contributed by atoms with Gasteiger partial charge < -0.3 is 20.5 Å². The molecule has 2 bridgehead atoms.